The largest absolute Gasteiger partial charge is 0.466 e. The molecule has 3 nitrogen and oxygen atoms in total. The van der Waals surface area contributed by atoms with E-state index in [4.69, 9.17) is 4.74 Å². The molecule has 0 aromatic heterocycles. The number of carbonyl (C=O) groups excluding carboxylic acids is 2. The van der Waals surface area contributed by atoms with E-state index in [1.807, 2.05) is 37.3 Å². The van der Waals surface area contributed by atoms with Gasteiger partial charge in [0.2, 0.25) is 0 Å². The molecule has 0 spiro atoms. The molecule has 126 valence electrons. The number of Topliss-reactive ketones (excluding diaryl/α,β-unsaturated/α-hetero) is 1. The van der Waals surface area contributed by atoms with Gasteiger partial charge < -0.3 is 4.74 Å². The molecule has 3 atom stereocenters. The molecule has 3 heteroatoms. The molecule has 23 heavy (non-hydrogen) atoms. The summed E-state index contributed by atoms with van der Waals surface area (Å²) in [5.74, 6) is -0.0194. The highest BCUT2D eigenvalue weighted by molar-refractivity contribution is 5.92. The molecule has 0 N–H and O–H groups in total. The Labute approximate surface area is 139 Å². The molecular weight excluding hydrogens is 288 g/mol. The second-order valence-electron chi connectivity index (χ2n) is 6.42. The fourth-order valence-corrected chi connectivity index (χ4v) is 3.44. The van der Waals surface area contributed by atoms with Crippen LogP contribution >= 0.6 is 0 Å². The van der Waals surface area contributed by atoms with Crippen LogP contribution in [0.4, 0.5) is 0 Å². The Morgan fingerprint density at radius 3 is 2.43 bits per heavy atom. The lowest BCUT2D eigenvalue weighted by Crippen LogP contribution is -2.12. The van der Waals surface area contributed by atoms with E-state index in [1.165, 1.54) is 5.56 Å². The van der Waals surface area contributed by atoms with Gasteiger partial charge in [-0.05, 0) is 31.2 Å². The minimum atomic E-state index is -0.185. The monoisotopic (exact) mass is 316 g/mol. The summed E-state index contributed by atoms with van der Waals surface area (Å²) in [6.07, 6.45) is 5.67. The first-order valence-corrected chi connectivity index (χ1v) is 8.92. The normalized spacial score (nSPS) is 22.6. The minimum Gasteiger partial charge on any atom is -0.466 e. The lowest BCUT2D eigenvalue weighted by molar-refractivity contribution is -0.146. The molecule has 0 aliphatic heterocycles. The van der Waals surface area contributed by atoms with E-state index in [0.717, 1.165) is 32.1 Å². The van der Waals surface area contributed by atoms with Crippen molar-refractivity contribution in [2.45, 2.75) is 52.4 Å². The van der Waals surface area contributed by atoms with Crippen molar-refractivity contribution in [3.63, 3.8) is 0 Å². The van der Waals surface area contributed by atoms with E-state index in [-0.39, 0.29) is 29.5 Å². The highest BCUT2D eigenvalue weighted by Gasteiger charge is 2.58. The van der Waals surface area contributed by atoms with Crippen molar-refractivity contribution in [2.24, 2.45) is 17.8 Å². The van der Waals surface area contributed by atoms with Crippen LogP contribution < -0.4 is 0 Å². The number of aryl methyl sites for hydroxylation is 1. The molecule has 1 aliphatic rings. The van der Waals surface area contributed by atoms with Crippen molar-refractivity contribution in [1.29, 1.82) is 0 Å². The first-order valence-electron chi connectivity index (χ1n) is 8.92. The van der Waals surface area contributed by atoms with Crippen LogP contribution in [0.1, 0.15) is 51.5 Å². The van der Waals surface area contributed by atoms with Gasteiger partial charge in [0.05, 0.1) is 12.5 Å². The molecule has 0 amide bonds. The van der Waals surface area contributed by atoms with Crippen LogP contribution in [0, 0.1) is 17.8 Å². The van der Waals surface area contributed by atoms with Crippen molar-refractivity contribution in [2.75, 3.05) is 6.61 Å². The Kier molecular flexibility index (Phi) is 6.82. The fourth-order valence-electron chi connectivity index (χ4n) is 3.44. The predicted molar refractivity (Wildman–Crippen MR) is 91.0 cm³/mol. The van der Waals surface area contributed by atoms with Gasteiger partial charge in [0.25, 0.3) is 0 Å². The maximum Gasteiger partial charge on any atom is 0.309 e. The zero-order valence-electron chi connectivity index (χ0n) is 14.3. The Hall–Kier alpha value is -1.64. The quantitative estimate of drug-likeness (QED) is 0.480. The highest BCUT2D eigenvalue weighted by Crippen LogP contribution is 2.51. The van der Waals surface area contributed by atoms with Gasteiger partial charge in [0, 0.05) is 12.3 Å². The number of esters is 1. The van der Waals surface area contributed by atoms with Crippen LogP contribution in [0.15, 0.2) is 30.3 Å². The van der Waals surface area contributed by atoms with Gasteiger partial charge in [0.15, 0.2) is 0 Å². The zero-order chi connectivity index (χ0) is 16.7. The Balaban J connectivity index is 1.88. The van der Waals surface area contributed by atoms with E-state index in [2.05, 4.69) is 6.92 Å². The number of rotatable bonds is 10. The van der Waals surface area contributed by atoms with Gasteiger partial charge >= 0.3 is 5.97 Å². The van der Waals surface area contributed by atoms with Crippen LogP contribution in [0.5, 0.6) is 0 Å². The lowest BCUT2D eigenvalue weighted by Gasteiger charge is -2.02. The molecule has 0 saturated heterocycles. The van der Waals surface area contributed by atoms with Gasteiger partial charge in [0.1, 0.15) is 5.78 Å². The van der Waals surface area contributed by atoms with Crippen molar-refractivity contribution >= 4 is 11.8 Å². The van der Waals surface area contributed by atoms with Crippen LogP contribution in [0.3, 0.4) is 0 Å². The van der Waals surface area contributed by atoms with Crippen LogP contribution in [-0.2, 0) is 20.7 Å². The van der Waals surface area contributed by atoms with Gasteiger partial charge in [-0.2, -0.15) is 0 Å². The summed E-state index contributed by atoms with van der Waals surface area (Å²) >= 11 is 0. The molecule has 2 rings (SSSR count). The summed E-state index contributed by atoms with van der Waals surface area (Å²) in [4.78, 5) is 24.6. The summed E-state index contributed by atoms with van der Waals surface area (Å²) in [6.45, 7) is 4.37. The Morgan fingerprint density at radius 2 is 1.78 bits per heavy atom. The molecule has 0 radical (unpaired) electrons. The fraction of sp³-hybridized carbons (Fsp3) is 0.600. The maximum atomic E-state index is 12.5. The summed E-state index contributed by atoms with van der Waals surface area (Å²) in [5.41, 5.74) is 1.18. The van der Waals surface area contributed by atoms with E-state index in [9.17, 15) is 9.59 Å². The SMILES string of the molecule is CCCCC[C@H]1[C@H](C(=O)CCc2ccccc2)[C@H]1C(=O)OCC. The second kappa shape index (κ2) is 8.85. The smallest absolute Gasteiger partial charge is 0.309 e. The van der Waals surface area contributed by atoms with Crippen molar-refractivity contribution < 1.29 is 14.3 Å². The number of hydrogen-bond donors (Lipinski definition) is 0. The Morgan fingerprint density at radius 1 is 1.04 bits per heavy atom. The summed E-state index contributed by atoms with van der Waals surface area (Å²) in [5, 5.41) is 0. The lowest BCUT2D eigenvalue weighted by atomic mass is 10.0. The highest BCUT2D eigenvalue weighted by atomic mass is 16.5. The second-order valence-corrected chi connectivity index (χ2v) is 6.42. The molecule has 1 saturated carbocycles. The molecular formula is C20H28O3. The molecule has 0 bridgehead atoms. The third kappa shape index (κ3) is 4.92. The zero-order valence-corrected chi connectivity index (χ0v) is 14.3. The number of benzene rings is 1. The third-order valence-electron chi connectivity index (χ3n) is 4.74. The number of ether oxygens (including phenoxy) is 1. The van der Waals surface area contributed by atoms with Gasteiger partial charge in [-0.15, -0.1) is 0 Å². The molecule has 0 unspecified atom stereocenters. The standard InChI is InChI=1S/C20H28O3/c1-3-5-7-12-16-18(19(16)20(22)23-4-2)17(21)14-13-15-10-8-6-9-11-15/h6,8-11,16,18-19H,3-5,7,12-14H2,1-2H3/t16-,18+,19-/m0/s1. The van der Waals surface area contributed by atoms with Crippen molar-refractivity contribution in [1.82, 2.24) is 0 Å². The van der Waals surface area contributed by atoms with Crippen LogP contribution in [0.2, 0.25) is 0 Å². The van der Waals surface area contributed by atoms with Gasteiger partial charge in [-0.1, -0.05) is 56.5 Å². The number of hydrogen-bond acceptors (Lipinski definition) is 3. The first kappa shape index (κ1) is 17.7. The van der Waals surface area contributed by atoms with Crippen molar-refractivity contribution in [3.05, 3.63) is 35.9 Å². The number of unbranched alkanes of at least 4 members (excludes halogenated alkanes) is 2. The average Bonchev–Trinajstić information content (AvgIpc) is 3.28. The average molecular weight is 316 g/mol. The Bertz CT molecular complexity index is 509. The third-order valence-corrected chi connectivity index (χ3v) is 4.74. The predicted octanol–water partition coefficient (Wildman–Crippen LogP) is 4.19. The minimum absolute atomic E-state index is 0.102. The number of ketones is 1. The topological polar surface area (TPSA) is 43.4 Å². The van der Waals surface area contributed by atoms with Crippen LogP contribution in [-0.4, -0.2) is 18.4 Å². The molecule has 1 fully saturated rings. The molecule has 1 aliphatic carbocycles. The van der Waals surface area contributed by atoms with Crippen molar-refractivity contribution in [3.8, 4) is 0 Å². The van der Waals surface area contributed by atoms with E-state index in [0.29, 0.717) is 13.0 Å². The molecule has 1 aromatic rings. The van der Waals surface area contributed by atoms with Gasteiger partial charge in [-0.25, -0.2) is 0 Å². The van der Waals surface area contributed by atoms with E-state index >= 15 is 0 Å². The maximum absolute atomic E-state index is 12.5. The molecule has 0 heterocycles. The first-order chi connectivity index (χ1) is 11.2. The van der Waals surface area contributed by atoms with E-state index < -0.39 is 0 Å². The summed E-state index contributed by atoms with van der Waals surface area (Å²) in [7, 11) is 0. The summed E-state index contributed by atoms with van der Waals surface area (Å²) < 4.78 is 5.15. The van der Waals surface area contributed by atoms with E-state index in [1.54, 1.807) is 0 Å². The molecule has 1 aromatic carbocycles. The van der Waals surface area contributed by atoms with Gasteiger partial charge in [-0.3, -0.25) is 9.59 Å². The number of carbonyl (C=O) groups is 2. The summed E-state index contributed by atoms with van der Waals surface area (Å²) in [6, 6.07) is 10.0. The van der Waals surface area contributed by atoms with Crippen LogP contribution in [0.25, 0.3) is 0 Å².